The molecule has 1 aromatic carbocycles. The van der Waals surface area contributed by atoms with Crippen LogP contribution in [0.1, 0.15) is 40.2 Å². The van der Waals surface area contributed by atoms with E-state index in [9.17, 15) is 4.79 Å². The third kappa shape index (κ3) is 4.39. The van der Waals surface area contributed by atoms with Crippen LogP contribution in [0.25, 0.3) is 0 Å². The number of carbonyl (C=O) groups is 1. The fraction of sp³-hybridized carbons (Fsp3) is 0.368. The highest BCUT2D eigenvalue weighted by atomic mass is 16.1. The molecule has 4 nitrogen and oxygen atoms in total. The van der Waals surface area contributed by atoms with Crippen molar-refractivity contribution < 1.29 is 4.79 Å². The molecule has 1 amide bonds. The van der Waals surface area contributed by atoms with E-state index in [2.05, 4.69) is 27.8 Å². The average molecular weight is 309 g/mol. The number of carbonyl (C=O) groups excluding carboxylic acids is 1. The topological polar surface area (TPSA) is 54.0 Å². The Morgan fingerprint density at radius 2 is 2.13 bits per heavy atom. The molecule has 0 spiro atoms. The number of hydrogen-bond donors (Lipinski definition) is 2. The van der Waals surface area contributed by atoms with Crippen LogP contribution in [0.3, 0.4) is 0 Å². The van der Waals surface area contributed by atoms with E-state index in [4.69, 9.17) is 0 Å². The first kappa shape index (κ1) is 15.7. The molecule has 2 aromatic rings. The van der Waals surface area contributed by atoms with Crippen LogP contribution >= 0.6 is 0 Å². The molecular formula is C19H23N3O. The molecule has 120 valence electrons. The first-order valence-electron chi connectivity index (χ1n) is 8.31. The second kappa shape index (κ2) is 7.88. The molecule has 4 heteroatoms. The Kier molecular flexibility index (Phi) is 5.37. The number of piperidine rings is 1. The minimum absolute atomic E-state index is 0.0118. The molecule has 0 aliphatic carbocycles. The fourth-order valence-corrected chi connectivity index (χ4v) is 3.01. The van der Waals surface area contributed by atoms with Crippen LogP contribution < -0.4 is 10.6 Å². The van der Waals surface area contributed by atoms with Crippen LogP contribution in [0.15, 0.2) is 48.8 Å². The van der Waals surface area contributed by atoms with Gasteiger partial charge in [0, 0.05) is 31.0 Å². The standard InChI is InChI=1S/C19H23N3O/c23-19(22-12-9-15-3-1-10-20-13-15)17-7-5-16(6-8-17)18-4-2-11-21-14-18/h1,3,5-8,10,13,18,21H,2,4,9,11-12,14H2,(H,22,23)/t18-/m1/s1. The summed E-state index contributed by atoms with van der Waals surface area (Å²) in [6.07, 6.45) is 6.83. The van der Waals surface area contributed by atoms with Crippen molar-refractivity contribution in [2.75, 3.05) is 19.6 Å². The molecule has 0 radical (unpaired) electrons. The van der Waals surface area contributed by atoms with Gasteiger partial charge < -0.3 is 10.6 Å². The first-order valence-corrected chi connectivity index (χ1v) is 8.31. The minimum Gasteiger partial charge on any atom is -0.352 e. The maximum atomic E-state index is 12.2. The molecular weight excluding hydrogens is 286 g/mol. The van der Waals surface area contributed by atoms with Crippen molar-refractivity contribution in [3.8, 4) is 0 Å². The molecule has 2 N–H and O–H groups in total. The van der Waals surface area contributed by atoms with Crippen molar-refractivity contribution in [3.05, 3.63) is 65.5 Å². The molecule has 1 saturated heterocycles. The number of amides is 1. The van der Waals surface area contributed by atoms with Crippen LogP contribution in [-0.2, 0) is 6.42 Å². The predicted octanol–water partition coefficient (Wildman–Crippen LogP) is 2.52. The van der Waals surface area contributed by atoms with Crippen LogP contribution in [0.2, 0.25) is 0 Å². The maximum Gasteiger partial charge on any atom is 0.251 e. The van der Waals surface area contributed by atoms with Crippen LogP contribution in [-0.4, -0.2) is 30.5 Å². The van der Waals surface area contributed by atoms with Crippen LogP contribution in [0.5, 0.6) is 0 Å². The summed E-state index contributed by atoms with van der Waals surface area (Å²) in [6, 6.07) is 12.0. The summed E-state index contributed by atoms with van der Waals surface area (Å²) >= 11 is 0. The van der Waals surface area contributed by atoms with Gasteiger partial charge in [-0.25, -0.2) is 0 Å². The van der Waals surface area contributed by atoms with Gasteiger partial charge in [0.15, 0.2) is 0 Å². The van der Waals surface area contributed by atoms with Gasteiger partial charge in [0.25, 0.3) is 5.91 Å². The van der Waals surface area contributed by atoms with E-state index in [1.54, 1.807) is 6.20 Å². The van der Waals surface area contributed by atoms with E-state index < -0.39 is 0 Å². The van der Waals surface area contributed by atoms with Gasteiger partial charge in [0.1, 0.15) is 0 Å². The number of pyridine rings is 1. The highest BCUT2D eigenvalue weighted by Crippen LogP contribution is 2.23. The lowest BCUT2D eigenvalue weighted by atomic mass is 9.91. The molecule has 1 aromatic heterocycles. The zero-order chi connectivity index (χ0) is 15.9. The van der Waals surface area contributed by atoms with Gasteiger partial charge in [-0.05, 0) is 61.1 Å². The van der Waals surface area contributed by atoms with Crippen LogP contribution in [0.4, 0.5) is 0 Å². The van der Waals surface area contributed by atoms with E-state index in [1.165, 1.54) is 18.4 Å². The lowest BCUT2D eigenvalue weighted by Gasteiger charge is -2.23. The maximum absolute atomic E-state index is 12.2. The molecule has 23 heavy (non-hydrogen) atoms. The Hall–Kier alpha value is -2.20. The normalized spacial score (nSPS) is 17.7. The monoisotopic (exact) mass is 309 g/mol. The number of hydrogen-bond acceptors (Lipinski definition) is 3. The average Bonchev–Trinajstić information content (AvgIpc) is 2.63. The van der Waals surface area contributed by atoms with Gasteiger partial charge in [-0.1, -0.05) is 18.2 Å². The van der Waals surface area contributed by atoms with Crippen molar-refractivity contribution in [2.24, 2.45) is 0 Å². The quantitative estimate of drug-likeness (QED) is 0.892. The lowest BCUT2D eigenvalue weighted by molar-refractivity contribution is 0.0954. The molecule has 1 aliphatic heterocycles. The Morgan fingerprint density at radius 3 is 2.83 bits per heavy atom. The first-order chi connectivity index (χ1) is 11.3. The van der Waals surface area contributed by atoms with Crippen molar-refractivity contribution in [3.63, 3.8) is 0 Å². The largest absolute Gasteiger partial charge is 0.352 e. The molecule has 1 aliphatic rings. The highest BCUT2D eigenvalue weighted by Gasteiger charge is 2.15. The summed E-state index contributed by atoms with van der Waals surface area (Å²) in [7, 11) is 0. The molecule has 0 unspecified atom stereocenters. The Morgan fingerprint density at radius 1 is 1.26 bits per heavy atom. The SMILES string of the molecule is O=C(NCCc1cccnc1)c1ccc([C@@H]2CCCNC2)cc1. The minimum atomic E-state index is -0.0118. The molecule has 0 saturated carbocycles. The second-order valence-corrected chi connectivity index (χ2v) is 6.03. The summed E-state index contributed by atoms with van der Waals surface area (Å²) in [5, 5.41) is 6.40. The lowest BCUT2D eigenvalue weighted by Crippen LogP contribution is -2.28. The van der Waals surface area contributed by atoms with E-state index in [1.807, 2.05) is 30.5 Å². The third-order valence-corrected chi connectivity index (χ3v) is 4.36. The summed E-state index contributed by atoms with van der Waals surface area (Å²) in [5.74, 6) is 0.564. The molecule has 3 rings (SSSR count). The highest BCUT2D eigenvalue weighted by molar-refractivity contribution is 5.94. The third-order valence-electron chi connectivity index (χ3n) is 4.36. The number of aromatic nitrogens is 1. The van der Waals surface area contributed by atoms with Gasteiger partial charge in [-0.3, -0.25) is 9.78 Å². The zero-order valence-electron chi connectivity index (χ0n) is 13.3. The van der Waals surface area contributed by atoms with Gasteiger partial charge in [-0.2, -0.15) is 0 Å². The molecule has 1 fully saturated rings. The Bertz CT molecular complexity index is 619. The van der Waals surface area contributed by atoms with Gasteiger partial charge in [0.2, 0.25) is 0 Å². The van der Waals surface area contributed by atoms with Gasteiger partial charge in [0.05, 0.1) is 0 Å². The predicted molar refractivity (Wildman–Crippen MR) is 91.6 cm³/mol. The summed E-state index contributed by atoms with van der Waals surface area (Å²) < 4.78 is 0. The summed E-state index contributed by atoms with van der Waals surface area (Å²) in [5.41, 5.74) is 3.18. The fourth-order valence-electron chi connectivity index (χ4n) is 3.01. The number of nitrogens with zero attached hydrogens (tertiary/aromatic N) is 1. The molecule has 0 bridgehead atoms. The molecule has 2 heterocycles. The van der Waals surface area contributed by atoms with Crippen molar-refractivity contribution in [1.82, 2.24) is 15.6 Å². The van der Waals surface area contributed by atoms with E-state index in [0.29, 0.717) is 12.5 Å². The summed E-state index contributed by atoms with van der Waals surface area (Å²) in [4.78, 5) is 16.3. The number of benzene rings is 1. The second-order valence-electron chi connectivity index (χ2n) is 6.03. The van der Waals surface area contributed by atoms with Crippen molar-refractivity contribution in [1.29, 1.82) is 0 Å². The van der Waals surface area contributed by atoms with Gasteiger partial charge in [-0.15, -0.1) is 0 Å². The summed E-state index contributed by atoms with van der Waals surface area (Å²) in [6.45, 7) is 2.78. The van der Waals surface area contributed by atoms with E-state index in [-0.39, 0.29) is 5.91 Å². The van der Waals surface area contributed by atoms with Crippen LogP contribution in [0, 0.1) is 0 Å². The zero-order valence-corrected chi connectivity index (χ0v) is 13.3. The smallest absolute Gasteiger partial charge is 0.251 e. The molecule has 1 atom stereocenters. The number of nitrogens with one attached hydrogen (secondary N) is 2. The van der Waals surface area contributed by atoms with E-state index >= 15 is 0 Å². The van der Waals surface area contributed by atoms with E-state index in [0.717, 1.165) is 30.6 Å². The van der Waals surface area contributed by atoms with Gasteiger partial charge >= 0.3 is 0 Å². The number of rotatable bonds is 5. The van der Waals surface area contributed by atoms with Crippen molar-refractivity contribution in [2.45, 2.75) is 25.2 Å². The Labute approximate surface area is 137 Å². The van der Waals surface area contributed by atoms with Crippen molar-refractivity contribution >= 4 is 5.91 Å². The Balaban J connectivity index is 1.51.